The van der Waals surface area contributed by atoms with E-state index in [1.807, 2.05) is 18.2 Å². The highest BCUT2D eigenvalue weighted by atomic mass is 16.5. The van der Waals surface area contributed by atoms with Crippen molar-refractivity contribution in [2.75, 3.05) is 14.2 Å². The van der Waals surface area contributed by atoms with Crippen LogP contribution in [0.15, 0.2) is 18.2 Å². The fourth-order valence-electron chi connectivity index (χ4n) is 1.60. The van der Waals surface area contributed by atoms with Crippen LogP contribution in [0.3, 0.4) is 0 Å². The van der Waals surface area contributed by atoms with Gasteiger partial charge in [-0.1, -0.05) is 0 Å². The lowest BCUT2D eigenvalue weighted by Gasteiger charge is -2.17. The standard InChI is InChI=1S/C13H18N2O2/c1-4-5-6-13(15-14)10-7-11(16-2)9-12(8-10)17-3/h1,7-9,13,15H,5-6,14H2,2-3H3. The molecule has 0 bridgehead atoms. The third-order valence-electron chi connectivity index (χ3n) is 2.55. The van der Waals surface area contributed by atoms with Crippen molar-refractivity contribution in [3.8, 4) is 23.8 Å². The van der Waals surface area contributed by atoms with E-state index in [0.29, 0.717) is 6.42 Å². The maximum Gasteiger partial charge on any atom is 0.122 e. The molecule has 4 heteroatoms. The second kappa shape index (κ2) is 6.79. The maximum absolute atomic E-state index is 5.53. The zero-order valence-electron chi connectivity index (χ0n) is 10.2. The van der Waals surface area contributed by atoms with Crippen molar-refractivity contribution in [3.63, 3.8) is 0 Å². The smallest absolute Gasteiger partial charge is 0.122 e. The summed E-state index contributed by atoms with van der Waals surface area (Å²) in [6.45, 7) is 0. The van der Waals surface area contributed by atoms with Gasteiger partial charge in [-0.05, 0) is 24.1 Å². The Labute approximate surface area is 102 Å². The summed E-state index contributed by atoms with van der Waals surface area (Å²) in [6, 6.07) is 5.65. The molecule has 1 atom stereocenters. The highest BCUT2D eigenvalue weighted by Crippen LogP contribution is 2.27. The second-order valence-electron chi connectivity index (χ2n) is 3.61. The first kappa shape index (κ1) is 13.4. The molecule has 4 nitrogen and oxygen atoms in total. The van der Waals surface area contributed by atoms with Crippen LogP contribution >= 0.6 is 0 Å². The van der Waals surface area contributed by atoms with Crippen LogP contribution in [-0.2, 0) is 0 Å². The van der Waals surface area contributed by atoms with Gasteiger partial charge in [0.25, 0.3) is 0 Å². The summed E-state index contributed by atoms with van der Waals surface area (Å²) in [5.74, 6) is 9.60. The molecule has 1 aromatic rings. The van der Waals surface area contributed by atoms with Crippen LogP contribution in [0.2, 0.25) is 0 Å². The first-order chi connectivity index (χ1) is 8.24. The lowest BCUT2D eigenvalue weighted by Crippen LogP contribution is -2.27. The van der Waals surface area contributed by atoms with Crippen molar-refractivity contribution in [1.82, 2.24) is 5.43 Å². The van der Waals surface area contributed by atoms with Crippen LogP contribution in [0.4, 0.5) is 0 Å². The van der Waals surface area contributed by atoms with Crippen LogP contribution in [-0.4, -0.2) is 14.2 Å². The molecular formula is C13H18N2O2. The van der Waals surface area contributed by atoms with E-state index in [4.69, 9.17) is 21.7 Å². The van der Waals surface area contributed by atoms with E-state index in [0.717, 1.165) is 23.5 Å². The highest BCUT2D eigenvalue weighted by Gasteiger charge is 2.11. The van der Waals surface area contributed by atoms with Gasteiger partial charge in [-0.15, -0.1) is 12.3 Å². The molecule has 1 rings (SSSR count). The summed E-state index contributed by atoms with van der Waals surface area (Å²) in [7, 11) is 3.23. The molecule has 0 amide bonds. The summed E-state index contributed by atoms with van der Waals surface area (Å²) < 4.78 is 10.4. The Kier molecular flexibility index (Phi) is 5.34. The van der Waals surface area contributed by atoms with Crippen LogP contribution in [0.25, 0.3) is 0 Å². The van der Waals surface area contributed by atoms with E-state index in [1.165, 1.54) is 0 Å². The number of hydrogen-bond acceptors (Lipinski definition) is 4. The molecule has 17 heavy (non-hydrogen) atoms. The summed E-state index contributed by atoms with van der Waals surface area (Å²) in [4.78, 5) is 0. The van der Waals surface area contributed by atoms with E-state index in [-0.39, 0.29) is 6.04 Å². The Morgan fingerprint density at radius 1 is 1.29 bits per heavy atom. The van der Waals surface area contributed by atoms with Gasteiger partial charge in [-0.2, -0.15) is 0 Å². The molecule has 92 valence electrons. The zero-order chi connectivity index (χ0) is 12.7. The van der Waals surface area contributed by atoms with Gasteiger partial charge in [0, 0.05) is 18.5 Å². The van der Waals surface area contributed by atoms with Gasteiger partial charge in [0.15, 0.2) is 0 Å². The predicted molar refractivity (Wildman–Crippen MR) is 67.7 cm³/mol. The van der Waals surface area contributed by atoms with Crippen LogP contribution in [0.5, 0.6) is 11.5 Å². The molecule has 0 aliphatic rings. The largest absolute Gasteiger partial charge is 0.497 e. The molecule has 1 aromatic carbocycles. The Balaban J connectivity index is 2.97. The number of terminal acetylenes is 1. The highest BCUT2D eigenvalue weighted by molar-refractivity contribution is 5.39. The van der Waals surface area contributed by atoms with Gasteiger partial charge >= 0.3 is 0 Å². The number of hydrazine groups is 1. The number of benzene rings is 1. The topological polar surface area (TPSA) is 56.5 Å². The van der Waals surface area contributed by atoms with E-state index < -0.39 is 0 Å². The lowest BCUT2D eigenvalue weighted by atomic mass is 10.0. The van der Waals surface area contributed by atoms with Crippen molar-refractivity contribution in [1.29, 1.82) is 0 Å². The number of rotatable bonds is 6. The molecule has 0 spiro atoms. The van der Waals surface area contributed by atoms with Gasteiger partial charge in [0.05, 0.1) is 14.2 Å². The Morgan fingerprint density at radius 2 is 1.88 bits per heavy atom. The van der Waals surface area contributed by atoms with Crippen molar-refractivity contribution in [2.24, 2.45) is 5.84 Å². The third-order valence-corrected chi connectivity index (χ3v) is 2.55. The van der Waals surface area contributed by atoms with E-state index in [9.17, 15) is 0 Å². The van der Waals surface area contributed by atoms with Crippen molar-refractivity contribution >= 4 is 0 Å². The number of nitrogens with one attached hydrogen (secondary N) is 1. The quantitative estimate of drug-likeness (QED) is 0.446. The molecule has 0 saturated carbocycles. The van der Waals surface area contributed by atoms with Crippen molar-refractivity contribution in [2.45, 2.75) is 18.9 Å². The molecule has 1 unspecified atom stereocenters. The number of nitrogens with two attached hydrogens (primary N) is 1. The second-order valence-corrected chi connectivity index (χ2v) is 3.61. The first-order valence-electron chi connectivity index (χ1n) is 5.37. The first-order valence-corrected chi connectivity index (χ1v) is 5.37. The zero-order valence-corrected chi connectivity index (χ0v) is 10.2. The Bertz CT molecular complexity index is 377. The maximum atomic E-state index is 5.53. The number of methoxy groups -OCH3 is 2. The van der Waals surface area contributed by atoms with Crippen LogP contribution in [0, 0.1) is 12.3 Å². The molecular weight excluding hydrogens is 216 g/mol. The molecule has 0 saturated heterocycles. The minimum Gasteiger partial charge on any atom is -0.497 e. The van der Waals surface area contributed by atoms with Crippen molar-refractivity contribution in [3.05, 3.63) is 23.8 Å². The summed E-state index contributed by atoms with van der Waals surface area (Å²) in [6.07, 6.45) is 6.68. The summed E-state index contributed by atoms with van der Waals surface area (Å²) in [5, 5.41) is 0. The molecule has 0 heterocycles. The molecule has 0 aromatic heterocycles. The van der Waals surface area contributed by atoms with Gasteiger partial charge in [0.2, 0.25) is 0 Å². The number of hydrogen-bond donors (Lipinski definition) is 2. The van der Waals surface area contributed by atoms with Crippen molar-refractivity contribution < 1.29 is 9.47 Å². The van der Waals surface area contributed by atoms with E-state index >= 15 is 0 Å². The molecule has 0 aliphatic heterocycles. The lowest BCUT2D eigenvalue weighted by molar-refractivity contribution is 0.391. The van der Waals surface area contributed by atoms with E-state index in [1.54, 1.807) is 14.2 Å². The monoisotopic (exact) mass is 234 g/mol. The molecule has 0 aliphatic carbocycles. The van der Waals surface area contributed by atoms with E-state index in [2.05, 4.69) is 11.3 Å². The molecule has 3 N–H and O–H groups in total. The average molecular weight is 234 g/mol. The fourth-order valence-corrected chi connectivity index (χ4v) is 1.60. The molecule has 0 fully saturated rings. The Hall–Kier alpha value is -1.70. The molecule has 0 radical (unpaired) electrons. The minimum atomic E-state index is -0.00458. The predicted octanol–water partition coefficient (Wildman–Crippen LogP) is 1.62. The van der Waals surface area contributed by atoms with Gasteiger partial charge in [0.1, 0.15) is 11.5 Å². The van der Waals surface area contributed by atoms with Crippen LogP contribution in [0.1, 0.15) is 24.4 Å². The summed E-state index contributed by atoms with van der Waals surface area (Å²) >= 11 is 0. The fraction of sp³-hybridized carbons (Fsp3) is 0.385. The van der Waals surface area contributed by atoms with Crippen LogP contribution < -0.4 is 20.7 Å². The third kappa shape index (κ3) is 3.66. The normalized spacial score (nSPS) is 11.6. The Morgan fingerprint density at radius 3 is 2.29 bits per heavy atom. The minimum absolute atomic E-state index is 0.00458. The average Bonchev–Trinajstić information content (AvgIpc) is 2.39. The number of ether oxygens (including phenoxy) is 2. The van der Waals surface area contributed by atoms with Gasteiger partial charge in [-0.25, -0.2) is 0 Å². The SMILES string of the molecule is C#CCCC(NN)c1cc(OC)cc(OC)c1. The van der Waals surface area contributed by atoms with Gasteiger partial charge < -0.3 is 9.47 Å². The summed E-state index contributed by atoms with van der Waals surface area (Å²) in [5.41, 5.74) is 3.75. The van der Waals surface area contributed by atoms with Gasteiger partial charge in [-0.3, -0.25) is 11.3 Å².